The molecule has 0 aromatic heterocycles. The second-order valence-electron chi connectivity index (χ2n) is 8.62. The van der Waals surface area contributed by atoms with Crippen LogP contribution >= 0.6 is 106 Å². The zero-order valence-corrected chi connectivity index (χ0v) is 34.3. The standard InChI is InChI=1S/C27H52O8S10/c28-5-14-36-12-3-26(30)33-8-16-41-24-39-11-2-21-45(32)22-20-43-25-42-18-19-44-27(31)4-13-40-23-38-10-1-7-34-35-9-17-37-15-6-29/h28-29H,1-25H2. The van der Waals surface area contributed by atoms with Crippen LogP contribution in [0.25, 0.3) is 0 Å². The molecule has 1 unspecified atom stereocenters. The summed E-state index contributed by atoms with van der Waals surface area (Å²) in [5.41, 5.74) is 0. The summed E-state index contributed by atoms with van der Waals surface area (Å²) in [5, 5.41) is 20.6. The molecule has 0 amide bonds. The van der Waals surface area contributed by atoms with E-state index < -0.39 is 10.8 Å². The number of ether oxygens (including phenoxy) is 1. The Morgan fingerprint density at radius 2 is 1.11 bits per heavy atom. The first kappa shape index (κ1) is 47.3. The van der Waals surface area contributed by atoms with Gasteiger partial charge in [0.2, 0.25) is 0 Å². The first-order valence-corrected chi connectivity index (χ1v) is 26.6. The van der Waals surface area contributed by atoms with Crippen LogP contribution in [0, 0.1) is 0 Å². The molecule has 45 heavy (non-hydrogen) atoms. The molecular weight excluding hydrogens is 773 g/mol. The number of rotatable bonds is 37. The highest BCUT2D eigenvalue weighted by Crippen LogP contribution is 2.19. The number of aliphatic hydroxyl groups is 2. The van der Waals surface area contributed by atoms with Gasteiger partial charge in [0.25, 0.3) is 0 Å². The van der Waals surface area contributed by atoms with Crippen LogP contribution in [0.2, 0.25) is 0 Å². The van der Waals surface area contributed by atoms with Gasteiger partial charge < -0.3 is 14.9 Å². The van der Waals surface area contributed by atoms with E-state index in [9.17, 15) is 13.8 Å². The lowest BCUT2D eigenvalue weighted by molar-refractivity contribution is -0.289. The molecule has 1 atom stereocenters. The van der Waals surface area contributed by atoms with Gasteiger partial charge in [0.15, 0.2) is 5.12 Å². The average molecular weight is 825 g/mol. The number of hydrogen-bond acceptors (Lipinski definition) is 17. The lowest BCUT2D eigenvalue weighted by Gasteiger charge is -2.05. The van der Waals surface area contributed by atoms with E-state index in [0.717, 1.165) is 91.4 Å². The van der Waals surface area contributed by atoms with Gasteiger partial charge in [0.05, 0.1) is 32.8 Å². The molecule has 268 valence electrons. The monoisotopic (exact) mass is 824 g/mol. The Morgan fingerprint density at radius 1 is 0.533 bits per heavy atom. The molecular formula is C27H52O8S10. The Hall–Kier alpha value is 2.28. The van der Waals surface area contributed by atoms with Crippen molar-refractivity contribution in [3.8, 4) is 0 Å². The summed E-state index contributed by atoms with van der Waals surface area (Å²) >= 11 is 15.6. The average Bonchev–Trinajstić information content (AvgIpc) is 3.03. The van der Waals surface area contributed by atoms with E-state index in [1.54, 1.807) is 35.3 Å². The van der Waals surface area contributed by atoms with E-state index in [1.807, 2.05) is 58.8 Å². The fourth-order valence-electron chi connectivity index (χ4n) is 2.75. The molecule has 0 aliphatic heterocycles. The van der Waals surface area contributed by atoms with Crippen molar-refractivity contribution in [2.75, 3.05) is 123 Å². The van der Waals surface area contributed by atoms with Crippen LogP contribution in [-0.4, -0.2) is 149 Å². The van der Waals surface area contributed by atoms with E-state index in [0.29, 0.717) is 44.2 Å². The van der Waals surface area contributed by atoms with Crippen LogP contribution in [0.4, 0.5) is 0 Å². The largest absolute Gasteiger partial charge is 0.465 e. The molecule has 0 aliphatic carbocycles. The first-order valence-electron chi connectivity index (χ1n) is 14.8. The van der Waals surface area contributed by atoms with Crippen molar-refractivity contribution in [1.82, 2.24) is 0 Å². The topological polar surface area (TPSA) is 119 Å². The van der Waals surface area contributed by atoms with Gasteiger partial charge in [-0.05, 0) is 24.3 Å². The maximum atomic E-state index is 12.2. The number of hydrogen-bond donors (Lipinski definition) is 2. The zero-order chi connectivity index (χ0) is 32.9. The summed E-state index contributed by atoms with van der Waals surface area (Å²) in [5.74, 6) is 10.6. The Morgan fingerprint density at radius 3 is 1.87 bits per heavy atom. The molecule has 0 spiro atoms. The Balaban J connectivity index is 3.29. The molecule has 0 heterocycles. The second kappa shape index (κ2) is 40.7. The molecule has 0 aliphatic rings. The van der Waals surface area contributed by atoms with E-state index >= 15 is 0 Å². The molecule has 2 N–H and O–H groups in total. The van der Waals surface area contributed by atoms with E-state index in [4.69, 9.17) is 24.7 Å². The number of carbonyl (C=O) groups excluding carboxylic acids is 2. The SMILES string of the molecule is O=C(CCSCCO)OCCSCSCCCS(=O)CCSCSCCSC(=O)CCSCSCCCOOCCSCCO. The van der Waals surface area contributed by atoms with Crippen molar-refractivity contribution >= 4 is 128 Å². The lowest BCUT2D eigenvalue weighted by Crippen LogP contribution is -2.08. The van der Waals surface area contributed by atoms with Crippen molar-refractivity contribution in [2.45, 2.75) is 25.7 Å². The van der Waals surface area contributed by atoms with Crippen LogP contribution < -0.4 is 0 Å². The van der Waals surface area contributed by atoms with E-state index in [1.165, 1.54) is 11.8 Å². The van der Waals surface area contributed by atoms with Gasteiger partial charge in [-0.15, -0.1) is 11.8 Å². The highest BCUT2D eigenvalue weighted by atomic mass is 32.2. The molecule has 0 aromatic rings. The minimum absolute atomic E-state index is 0.139. The summed E-state index contributed by atoms with van der Waals surface area (Å²) in [4.78, 5) is 33.8. The van der Waals surface area contributed by atoms with Gasteiger partial charge in [0.1, 0.15) is 6.61 Å². The van der Waals surface area contributed by atoms with Crippen LogP contribution in [-0.2, 0) is 34.9 Å². The fourth-order valence-corrected chi connectivity index (χ4v) is 12.8. The molecule has 0 fully saturated rings. The molecule has 0 saturated carbocycles. The maximum Gasteiger partial charge on any atom is 0.306 e. The minimum atomic E-state index is -0.758. The second-order valence-corrected chi connectivity index (χ2v) is 21.6. The Kier molecular flexibility index (Phi) is 42.8. The maximum absolute atomic E-state index is 12.2. The van der Waals surface area contributed by atoms with Crippen molar-refractivity contribution < 1.29 is 38.5 Å². The number of aliphatic hydroxyl groups excluding tert-OH is 2. The van der Waals surface area contributed by atoms with E-state index in [2.05, 4.69) is 0 Å². The molecule has 0 radical (unpaired) electrons. The number of esters is 1. The normalized spacial score (nSPS) is 12.0. The van der Waals surface area contributed by atoms with Crippen molar-refractivity contribution in [3.63, 3.8) is 0 Å². The van der Waals surface area contributed by atoms with Gasteiger partial charge >= 0.3 is 5.97 Å². The summed E-state index contributed by atoms with van der Waals surface area (Å²) in [6.07, 6.45) is 2.91. The smallest absolute Gasteiger partial charge is 0.306 e. The Bertz CT molecular complexity index is 685. The summed E-state index contributed by atoms with van der Waals surface area (Å²) < 4.78 is 17.4. The van der Waals surface area contributed by atoms with Gasteiger partial charge in [-0.1, -0.05) is 11.8 Å². The van der Waals surface area contributed by atoms with Crippen molar-refractivity contribution in [2.24, 2.45) is 0 Å². The van der Waals surface area contributed by atoms with Crippen LogP contribution in [0.3, 0.4) is 0 Å². The van der Waals surface area contributed by atoms with Crippen LogP contribution in [0.1, 0.15) is 25.7 Å². The van der Waals surface area contributed by atoms with Gasteiger partial charge in [-0.3, -0.25) is 13.8 Å². The summed E-state index contributed by atoms with van der Waals surface area (Å²) in [6.45, 7) is 1.91. The molecule has 0 aromatic carbocycles. The van der Waals surface area contributed by atoms with Crippen molar-refractivity contribution in [3.05, 3.63) is 0 Å². The molecule has 8 nitrogen and oxygen atoms in total. The van der Waals surface area contributed by atoms with Crippen LogP contribution in [0.15, 0.2) is 0 Å². The predicted octanol–water partition coefficient (Wildman–Crippen LogP) is 5.77. The minimum Gasteiger partial charge on any atom is -0.465 e. The zero-order valence-electron chi connectivity index (χ0n) is 26.1. The third-order valence-electron chi connectivity index (χ3n) is 4.88. The van der Waals surface area contributed by atoms with Crippen LogP contribution in [0.5, 0.6) is 0 Å². The third-order valence-corrected chi connectivity index (χ3v) is 16.7. The van der Waals surface area contributed by atoms with E-state index in [-0.39, 0.29) is 24.3 Å². The predicted molar refractivity (Wildman–Crippen MR) is 215 cm³/mol. The highest BCUT2D eigenvalue weighted by molar-refractivity contribution is 8.18. The number of thioether (sulfide) groups is 9. The third kappa shape index (κ3) is 40.6. The fraction of sp³-hybridized carbons (Fsp3) is 0.926. The summed E-state index contributed by atoms with van der Waals surface area (Å²) in [6, 6.07) is 0. The quantitative estimate of drug-likeness (QED) is 0.0259. The molecule has 0 rings (SSSR count). The molecule has 18 heteroatoms. The van der Waals surface area contributed by atoms with Gasteiger partial charge in [-0.2, -0.15) is 82.3 Å². The van der Waals surface area contributed by atoms with Gasteiger partial charge in [-0.25, -0.2) is 9.78 Å². The number of carbonyl (C=O) groups is 2. The van der Waals surface area contributed by atoms with Gasteiger partial charge in [0, 0.05) is 95.8 Å². The lowest BCUT2D eigenvalue weighted by atomic mass is 10.5. The molecule has 0 bridgehead atoms. The van der Waals surface area contributed by atoms with Crippen molar-refractivity contribution in [1.29, 1.82) is 0 Å². The summed E-state index contributed by atoms with van der Waals surface area (Å²) in [7, 11) is -0.758. The highest BCUT2D eigenvalue weighted by Gasteiger charge is 2.05. The Labute approximate surface area is 312 Å². The first-order chi connectivity index (χ1) is 22.1. The molecule has 0 saturated heterocycles.